The van der Waals surface area contributed by atoms with Crippen molar-refractivity contribution in [2.45, 2.75) is 30.8 Å². The van der Waals surface area contributed by atoms with E-state index in [2.05, 4.69) is 15.0 Å². The lowest BCUT2D eigenvalue weighted by Gasteiger charge is -2.31. The molecule has 2 aromatic heterocycles. The summed E-state index contributed by atoms with van der Waals surface area (Å²) in [6.45, 7) is 3.85. The fraction of sp³-hybridized carbons (Fsp3) is 0.389. The summed E-state index contributed by atoms with van der Waals surface area (Å²) in [6.07, 6.45) is 1.73. The number of sulfonamides is 1. The Bertz CT molecular complexity index is 1180. The second-order valence-corrected chi connectivity index (χ2v) is 8.62. The average Bonchev–Trinajstić information content (AvgIpc) is 3.40. The number of rotatable bonds is 7. The number of piperidine rings is 1. The summed E-state index contributed by atoms with van der Waals surface area (Å²) in [6, 6.07) is 5.51. The number of carbonyl (C=O) groups is 1. The van der Waals surface area contributed by atoms with E-state index in [1.165, 1.54) is 29.7 Å². The molecular formula is C18H21N5O7S. The highest BCUT2D eigenvalue weighted by atomic mass is 32.2. The van der Waals surface area contributed by atoms with Crippen LogP contribution < -0.4 is 15.1 Å². The lowest BCUT2D eigenvalue weighted by atomic mass is 10.1. The molecule has 3 aromatic rings. The van der Waals surface area contributed by atoms with Gasteiger partial charge in [-0.15, -0.1) is 0 Å². The van der Waals surface area contributed by atoms with Gasteiger partial charge in [0.1, 0.15) is 5.58 Å². The number of hydroxylamine groups is 1. The number of amides is 1. The molecule has 0 aliphatic carbocycles. The highest BCUT2D eigenvalue weighted by Gasteiger charge is 2.27. The first kappa shape index (κ1) is 21.1. The summed E-state index contributed by atoms with van der Waals surface area (Å²) in [4.78, 5) is 13.3. The Morgan fingerprint density at radius 3 is 2.77 bits per heavy atom. The molecule has 0 radical (unpaired) electrons. The molecule has 0 bridgehead atoms. The third kappa shape index (κ3) is 4.33. The highest BCUT2D eigenvalue weighted by molar-refractivity contribution is 7.92. The van der Waals surface area contributed by atoms with Gasteiger partial charge in [-0.25, -0.2) is 18.5 Å². The standard InChI is InChI=1S/C18H21N5O7S/c1-2-28-12-5-7-23(8-6-12)17-16(20-30-21-17)22-31(26,27)13-4-3-11-9-15(18(24)19-25)29-14(11)10-13/h3-4,9-10,12,25H,2,5-8H2,1H3,(H,19,24)(H,20,22). The van der Waals surface area contributed by atoms with E-state index in [1.54, 1.807) is 0 Å². The molecule has 31 heavy (non-hydrogen) atoms. The Morgan fingerprint density at radius 1 is 1.29 bits per heavy atom. The van der Waals surface area contributed by atoms with Gasteiger partial charge in [0.15, 0.2) is 5.76 Å². The Labute approximate surface area is 177 Å². The van der Waals surface area contributed by atoms with Gasteiger partial charge in [-0.2, -0.15) is 0 Å². The maximum Gasteiger partial charge on any atom is 0.310 e. The molecule has 0 atom stereocenters. The lowest BCUT2D eigenvalue weighted by molar-refractivity contribution is 0.0457. The number of aromatic nitrogens is 2. The van der Waals surface area contributed by atoms with Crippen LogP contribution in [0.1, 0.15) is 30.3 Å². The van der Waals surface area contributed by atoms with E-state index in [0.29, 0.717) is 30.9 Å². The number of anilines is 2. The normalized spacial score (nSPS) is 15.4. The second-order valence-electron chi connectivity index (χ2n) is 6.93. The summed E-state index contributed by atoms with van der Waals surface area (Å²) in [5, 5.41) is 16.8. The predicted octanol–water partition coefficient (Wildman–Crippen LogP) is 1.74. The topological polar surface area (TPSA) is 160 Å². The van der Waals surface area contributed by atoms with Crippen molar-refractivity contribution in [2.24, 2.45) is 0 Å². The second kappa shape index (κ2) is 8.53. The minimum Gasteiger partial charge on any atom is -0.451 e. The van der Waals surface area contributed by atoms with Crippen LogP contribution in [0.15, 0.2) is 38.2 Å². The van der Waals surface area contributed by atoms with Crippen molar-refractivity contribution in [1.82, 2.24) is 15.8 Å². The molecule has 1 aliphatic rings. The zero-order valence-corrected chi connectivity index (χ0v) is 17.4. The van der Waals surface area contributed by atoms with E-state index < -0.39 is 15.9 Å². The first-order valence-electron chi connectivity index (χ1n) is 9.61. The van der Waals surface area contributed by atoms with Gasteiger partial charge in [0.05, 0.1) is 11.0 Å². The molecule has 13 heteroatoms. The molecule has 0 spiro atoms. The van der Waals surface area contributed by atoms with Gasteiger partial charge in [-0.3, -0.25) is 14.7 Å². The van der Waals surface area contributed by atoms with Crippen LogP contribution in [0.2, 0.25) is 0 Å². The van der Waals surface area contributed by atoms with E-state index in [9.17, 15) is 13.2 Å². The zero-order chi connectivity index (χ0) is 22.0. The lowest BCUT2D eigenvalue weighted by Crippen LogP contribution is -2.37. The van der Waals surface area contributed by atoms with E-state index >= 15 is 0 Å². The third-order valence-corrected chi connectivity index (χ3v) is 6.31. The van der Waals surface area contributed by atoms with Gasteiger partial charge in [0.2, 0.25) is 11.6 Å². The summed E-state index contributed by atoms with van der Waals surface area (Å²) >= 11 is 0. The van der Waals surface area contributed by atoms with Gasteiger partial charge in [-0.1, -0.05) is 0 Å². The van der Waals surface area contributed by atoms with Crippen LogP contribution in [0, 0.1) is 0 Å². The number of hydrogen-bond acceptors (Lipinski definition) is 10. The molecule has 1 fully saturated rings. The molecular weight excluding hydrogens is 430 g/mol. The van der Waals surface area contributed by atoms with Crippen LogP contribution >= 0.6 is 0 Å². The van der Waals surface area contributed by atoms with Gasteiger partial charge in [0.25, 0.3) is 10.0 Å². The Balaban J connectivity index is 1.53. The quantitative estimate of drug-likeness (QED) is 0.356. The SMILES string of the molecule is CCOC1CCN(c2nonc2NS(=O)(=O)c2ccc3cc(C(=O)NO)oc3c2)CC1. The largest absolute Gasteiger partial charge is 0.451 e. The van der Waals surface area contributed by atoms with Crippen LogP contribution in [-0.4, -0.2) is 55.6 Å². The molecule has 0 unspecified atom stereocenters. The maximum atomic E-state index is 12.9. The molecule has 3 heterocycles. The Hall–Kier alpha value is -3.16. The Morgan fingerprint density at radius 2 is 2.06 bits per heavy atom. The number of benzene rings is 1. The predicted molar refractivity (Wildman–Crippen MR) is 107 cm³/mol. The molecule has 1 aromatic carbocycles. The first-order chi connectivity index (χ1) is 14.9. The van der Waals surface area contributed by atoms with Gasteiger partial charge >= 0.3 is 5.91 Å². The minimum absolute atomic E-state index is 0.0188. The fourth-order valence-corrected chi connectivity index (χ4v) is 4.47. The number of hydrogen-bond donors (Lipinski definition) is 3. The van der Waals surface area contributed by atoms with Crippen molar-refractivity contribution >= 4 is 38.5 Å². The number of carbonyl (C=O) groups excluding carboxylic acids is 1. The Kier molecular flexibility index (Phi) is 5.80. The number of fused-ring (bicyclic) bond motifs is 1. The molecule has 4 rings (SSSR count). The number of nitrogens with zero attached hydrogens (tertiary/aromatic N) is 3. The van der Waals surface area contributed by atoms with Crippen molar-refractivity contribution in [1.29, 1.82) is 0 Å². The minimum atomic E-state index is -4.05. The van der Waals surface area contributed by atoms with Crippen molar-refractivity contribution in [3.05, 3.63) is 30.0 Å². The van der Waals surface area contributed by atoms with Crippen LogP contribution in [-0.2, 0) is 14.8 Å². The van der Waals surface area contributed by atoms with Crippen LogP contribution in [0.25, 0.3) is 11.0 Å². The van der Waals surface area contributed by atoms with Crippen LogP contribution in [0.4, 0.5) is 11.6 Å². The molecule has 1 amide bonds. The summed E-state index contributed by atoms with van der Waals surface area (Å²) in [7, 11) is -4.05. The maximum absolute atomic E-state index is 12.9. The van der Waals surface area contributed by atoms with Crippen molar-refractivity contribution < 1.29 is 32.2 Å². The van der Waals surface area contributed by atoms with Gasteiger partial charge in [0, 0.05) is 31.1 Å². The third-order valence-electron chi connectivity index (χ3n) is 4.97. The molecule has 1 aliphatic heterocycles. The van der Waals surface area contributed by atoms with E-state index in [4.69, 9.17) is 19.0 Å². The average molecular weight is 451 g/mol. The van der Waals surface area contributed by atoms with E-state index in [0.717, 1.165) is 12.8 Å². The van der Waals surface area contributed by atoms with E-state index in [1.807, 2.05) is 11.8 Å². The van der Waals surface area contributed by atoms with Crippen LogP contribution in [0.3, 0.4) is 0 Å². The molecule has 166 valence electrons. The van der Waals surface area contributed by atoms with Gasteiger partial charge < -0.3 is 14.1 Å². The van der Waals surface area contributed by atoms with E-state index in [-0.39, 0.29) is 28.2 Å². The van der Waals surface area contributed by atoms with Crippen molar-refractivity contribution in [2.75, 3.05) is 29.3 Å². The monoisotopic (exact) mass is 451 g/mol. The highest BCUT2D eigenvalue weighted by Crippen LogP contribution is 2.29. The number of ether oxygens (including phenoxy) is 1. The zero-order valence-electron chi connectivity index (χ0n) is 16.6. The summed E-state index contributed by atoms with van der Waals surface area (Å²) in [5.74, 6) is -0.710. The van der Waals surface area contributed by atoms with Gasteiger partial charge in [-0.05, 0) is 48.3 Å². The molecule has 1 saturated heterocycles. The smallest absolute Gasteiger partial charge is 0.310 e. The van der Waals surface area contributed by atoms with Crippen molar-refractivity contribution in [3.8, 4) is 0 Å². The molecule has 0 saturated carbocycles. The summed E-state index contributed by atoms with van der Waals surface area (Å²) < 4.78 is 43.9. The first-order valence-corrected chi connectivity index (χ1v) is 11.1. The molecule has 3 N–H and O–H groups in total. The number of nitrogens with one attached hydrogen (secondary N) is 2. The summed E-state index contributed by atoms with van der Waals surface area (Å²) in [5.41, 5.74) is 1.63. The fourth-order valence-electron chi connectivity index (χ4n) is 3.46. The number of furan rings is 1. The van der Waals surface area contributed by atoms with Crippen LogP contribution in [0.5, 0.6) is 0 Å². The molecule has 12 nitrogen and oxygen atoms in total. The van der Waals surface area contributed by atoms with Crippen molar-refractivity contribution in [3.63, 3.8) is 0 Å².